The van der Waals surface area contributed by atoms with Crippen LogP contribution in [0.2, 0.25) is 0 Å². The molecule has 4 nitrogen and oxygen atoms in total. The molecule has 0 bridgehead atoms. The molecule has 20 heavy (non-hydrogen) atoms. The normalized spacial score (nSPS) is 19.5. The minimum absolute atomic E-state index is 0.109. The Morgan fingerprint density at radius 2 is 1.75 bits per heavy atom. The van der Waals surface area contributed by atoms with Gasteiger partial charge in [-0.3, -0.25) is 4.79 Å². The van der Waals surface area contributed by atoms with Gasteiger partial charge in [0.2, 0.25) is 0 Å². The predicted molar refractivity (Wildman–Crippen MR) is 77.1 cm³/mol. The van der Waals surface area contributed by atoms with Crippen LogP contribution in [0.5, 0.6) is 0 Å². The molecule has 1 atom stereocenters. The van der Waals surface area contributed by atoms with Crippen molar-refractivity contribution in [3.05, 3.63) is 34.4 Å². The molecule has 0 heterocycles. The van der Waals surface area contributed by atoms with Crippen molar-refractivity contribution < 1.29 is 14.7 Å². The summed E-state index contributed by atoms with van der Waals surface area (Å²) in [6.45, 7) is 8.43. The SMILES string of the molecule is Cc1ccc(C)c(C(=O)NCC2CC2(C)C)c1C(=O)O. The quantitative estimate of drug-likeness (QED) is 0.888. The summed E-state index contributed by atoms with van der Waals surface area (Å²) in [5.41, 5.74) is 2.00. The molecule has 108 valence electrons. The number of aromatic carboxylic acids is 1. The van der Waals surface area contributed by atoms with Gasteiger partial charge in [0.15, 0.2) is 0 Å². The van der Waals surface area contributed by atoms with Crippen LogP contribution < -0.4 is 5.32 Å². The molecule has 1 fully saturated rings. The fraction of sp³-hybridized carbons (Fsp3) is 0.500. The molecule has 0 spiro atoms. The molecule has 1 aliphatic rings. The van der Waals surface area contributed by atoms with Crippen LogP contribution in [0.3, 0.4) is 0 Å². The molecule has 1 aromatic rings. The summed E-state index contributed by atoms with van der Waals surface area (Å²) < 4.78 is 0. The number of carbonyl (C=O) groups is 2. The Hall–Kier alpha value is -1.84. The van der Waals surface area contributed by atoms with E-state index in [4.69, 9.17) is 0 Å². The third-order valence-corrected chi connectivity index (χ3v) is 4.29. The highest BCUT2D eigenvalue weighted by molar-refractivity contribution is 6.06. The van der Waals surface area contributed by atoms with Gasteiger partial charge in [-0.2, -0.15) is 0 Å². The molecular weight excluding hydrogens is 254 g/mol. The first-order valence-corrected chi connectivity index (χ1v) is 6.85. The second kappa shape index (κ2) is 4.93. The first-order chi connectivity index (χ1) is 9.24. The predicted octanol–water partition coefficient (Wildman–Crippen LogP) is 2.78. The summed E-state index contributed by atoms with van der Waals surface area (Å²) in [7, 11) is 0. The number of carboxylic acid groups (broad SMARTS) is 1. The van der Waals surface area contributed by atoms with Gasteiger partial charge in [-0.15, -0.1) is 0 Å². The maximum atomic E-state index is 12.3. The van der Waals surface area contributed by atoms with Crippen molar-refractivity contribution in [1.82, 2.24) is 5.32 Å². The minimum atomic E-state index is -1.05. The van der Waals surface area contributed by atoms with Gasteiger partial charge in [0.25, 0.3) is 5.91 Å². The number of hydrogen-bond donors (Lipinski definition) is 2. The fourth-order valence-corrected chi connectivity index (χ4v) is 2.61. The summed E-state index contributed by atoms with van der Waals surface area (Å²) in [5, 5.41) is 12.2. The van der Waals surface area contributed by atoms with Crippen LogP contribution in [0.15, 0.2) is 12.1 Å². The smallest absolute Gasteiger partial charge is 0.336 e. The van der Waals surface area contributed by atoms with Crippen LogP contribution in [0, 0.1) is 25.2 Å². The molecule has 1 aliphatic carbocycles. The van der Waals surface area contributed by atoms with E-state index in [1.54, 1.807) is 26.0 Å². The van der Waals surface area contributed by atoms with E-state index in [-0.39, 0.29) is 17.0 Å². The van der Waals surface area contributed by atoms with Crippen molar-refractivity contribution >= 4 is 11.9 Å². The molecule has 4 heteroatoms. The van der Waals surface area contributed by atoms with Crippen LogP contribution in [0.4, 0.5) is 0 Å². The molecule has 0 aromatic heterocycles. The summed E-state index contributed by atoms with van der Waals surface area (Å²) >= 11 is 0. The topological polar surface area (TPSA) is 66.4 Å². The maximum Gasteiger partial charge on any atom is 0.336 e. The largest absolute Gasteiger partial charge is 0.478 e. The number of benzene rings is 1. The molecule has 0 radical (unpaired) electrons. The number of nitrogens with one attached hydrogen (secondary N) is 1. The standard InChI is InChI=1S/C16H21NO3/c1-9-5-6-10(2)13(15(19)20)12(9)14(18)17-8-11-7-16(11,3)4/h5-6,11H,7-8H2,1-4H3,(H,17,18)(H,19,20). The van der Waals surface area contributed by atoms with Crippen LogP contribution in [0.25, 0.3) is 0 Å². The third kappa shape index (κ3) is 2.69. The average Bonchev–Trinajstić information content (AvgIpc) is 2.96. The summed E-state index contributed by atoms with van der Waals surface area (Å²) in [4.78, 5) is 23.7. The lowest BCUT2D eigenvalue weighted by Gasteiger charge is -2.13. The van der Waals surface area contributed by atoms with Crippen molar-refractivity contribution in [2.75, 3.05) is 6.54 Å². The van der Waals surface area contributed by atoms with E-state index >= 15 is 0 Å². The van der Waals surface area contributed by atoms with Gasteiger partial charge in [-0.25, -0.2) is 4.79 Å². The van der Waals surface area contributed by atoms with Crippen LogP contribution in [-0.2, 0) is 0 Å². The number of rotatable bonds is 4. The van der Waals surface area contributed by atoms with Gasteiger partial charge in [0.1, 0.15) is 0 Å². The van der Waals surface area contributed by atoms with Gasteiger partial charge in [0.05, 0.1) is 11.1 Å². The monoisotopic (exact) mass is 275 g/mol. The molecule has 1 aromatic carbocycles. The van der Waals surface area contributed by atoms with E-state index in [2.05, 4.69) is 19.2 Å². The van der Waals surface area contributed by atoms with Gasteiger partial charge in [-0.05, 0) is 42.7 Å². The Labute approximate surface area is 119 Å². The van der Waals surface area contributed by atoms with Gasteiger partial charge in [0, 0.05) is 6.54 Å². The highest BCUT2D eigenvalue weighted by Crippen LogP contribution is 2.51. The molecule has 0 aliphatic heterocycles. The molecular formula is C16H21NO3. The number of carbonyl (C=O) groups excluding carboxylic acids is 1. The minimum Gasteiger partial charge on any atom is -0.478 e. The van der Waals surface area contributed by atoms with E-state index in [1.807, 2.05) is 0 Å². The van der Waals surface area contributed by atoms with Crippen molar-refractivity contribution in [2.45, 2.75) is 34.1 Å². The van der Waals surface area contributed by atoms with Gasteiger partial charge in [-0.1, -0.05) is 26.0 Å². The highest BCUT2D eigenvalue weighted by Gasteiger charge is 2.45. The number of amides is 1. The number of aryl methyl sites for hydroxylation is 2. The lowest BCUT2D eigenvalue weighted by molar-refractivity contribution is 0.0690. The van der Waals surface area contributed by atoms with Crippen molar-refractivity contribution in [1.29, 1.82) is 0 Å². The van der Waals surface area contributed by atoms with E-state index in [1.165, 1.54) is 0 Å². The summed E-state index contributed by atoms with van der Waals surface area (Å²) in [5.74, 6) is -0.848. The molecule has 2 N–H and O–H groups in total. The second-order valence-electron chi connectivity index (χ2n) is 6.35. The van der Waals surface area contributed by atoms with Crippen molar-refractivity contribution in [2.24, 2.45) is 11.3 Å². The molecule has 1 unspecified atom stereocenters. The van der Waals surface area contributed by atoms with Gasteiger partial charge < -0.3 is 10.4 Å². The Kier molecular flexibility index (Phi) is 3.59. The zero-order chi connectivity index (χ0) is 15.1. The molecule has 1 amide bonds. The summed E-state index contributed by atoms with van der Waals surface area (Å²) in [6.07, 6.45) is 1.10. The van der Waals surface area contributed by atoms with Crippen LogP contribution >= 0.6 is 0 Å². The van der Waals surface area contributed by atoms with E-state index in [0.29, 0.717) is 29.0 Å². The number of hydrogen-bond acceptors (Lipinski definition) is 2. The molecule has 1 saturated carbocycles. The highest BCUT2D eigenvalue weighted by atomic mass is 16.4. The Balaban J connectivity index is 2.21. The first kappa shape index (κ1) is 14.6. The summed E-state index contributed by atoms with van der Waals surface area (Å²) in [6, 6.07) is 3.53. The zero-order valence-corrected chi connectivity index (χ0v) is 12.4. The maximum absolute atomic E-state index is 12.3. The first-order valence-electron chi connectivity index (χ1n) is 6.85. The van der Waals surface area contributed by atoms with Crippen molar-refractivity contribution in [3.8, 4) is 0 Å². The Morgan fingerprint density at radius 1 is 1.25 bits per heavy atom. The Bertz CT molecular complexity index is 575. The average molecular weight is 275 g/mol. The van der Waals surface area contributed by atoms with E-state index < -0.39 is 5.97 Å². The van der Waals surface area contributed by atoms with Crippen LogP contribution in [0.1, 0.15) is 52.1 Å². The third-order valence-electron chi connectivity index (χ3n) is 4.29. The second-order valence-corrected chi connectivity index (χ2v) is 6.35. The van der Waals surface area contributed by atoms with E-state index in [9.17, 15) is 14.7 Å². The van der Waals surface area contributed by atoms with Gasteiger partial charge >= 0.3 is 5.97 Å². The Morgan fingerprint density at radius 3 is 2.20 bits per heavy atom. The van der Waals surface area contributed by atoms with E-state index in [0.717, 1.165) is 6.42 Å². The molecule has 2 rings (SSSR count). The lowest BCUT2D eigenvalue weighted by Crippen LogP contribution is -2.29. The zero-order valence-electron chi connectivity index (χ0n) is 12.4. The number of carboxylic acids is 1. The van der Waals surface area contributed by atoms with Crippen molar-refractivity contribution in [3.63, 3.8) is 0 Å². The molecule has 0 saturated heterocycles. The van der Waals surface area contributed by atoms with Crippen LogP contribution in [-0.4, -0.2) is 23.5 Å². The fourth-order valence-electron chi connectivity index (χ4n) is 2.61. The lowest BCUT2D eigenvalue weighted by atomic mass is 9.96.